The number of hydrogen-bond acceptors (Lipinski definition) is 5. The number of nitrogens with zero attached hydrogens (tertiary/aromatic N) is 1. The van der Waals surface area contributed by atoms with E-state index in [9.17, 15) is 19.1 Å². The van der Waals surface area contributed by atoms with Crippen LogP contribution >= 0.6 is 7.60 Å². The standard InChI is InChI=1S/C11H21N4O6P/c1-6(17)14-9-8(15-11(12)13)5-7(3-2-4-16)21-10(9)22(18,19)20/h5,8-10,16H,2-4H2,1H3,(H,14,17)(H4,12,13,15)(H2,18,19,20). The summed E-state index contributed by atoms with van der Waals surface area (Å²) < 4.78 is 17.0. The first-order valence-electron chi connectivity index (χ1n) is 6.54. The van der Waals surface area contributed by atoms with E-state index in [0.29, 0.717) is 6.42 Å². The SMILES string of the molecule is CC(=O)NC1C(N=C(N)N)C=C(CCCO)OC1P(=O)(O)O. The molecule has 0 radical (unpaired) electrons. The number of hydrogen-bond donors (Lipinski definition) is 6. The number of carbonyl (C=O) groups excluding carboxylic acids is 1. The summed E-state index contributed by atoms with van der Waals surface area (Å²) in [6.07, 6.45) is 2.08. The summed E-state index contributed by atoms with van der Waals surface area (Å²) in [4.78, 5) is 34.1. The summed E-state index contributed by atoms with van der Waals surface area (Å²) in [5.74, 6) is -2.15. The lowest BCUT2D eigenvalue weighted by molar-refractivity contribution is -0.120. The first kappa shape index (κ1) is 18.4. The van der Waals surface area contributed by atoms with E-state index < -0.39 is 31.4 Å². The molecule has 0 saturated carbocycles. The molecule has 11 heteroatoms. The lowest BCUT2D eigenvalue weighted by Gasteiger charge is -2.36. The minimum Gasteiger partial charge on any atom is -0.480 e. The molecular weight excluding hydrogens is 315 g/mol. The van der Waals surface area contributed by atoms with Crippen molar-refractivity contribution in [2.24, 2.45) is 16.5 Å². The normalized spacial score (nSPS) is 24.9. The van der Waals surface area contributed by atoms with Crippen molar-refractivity contribution < 1.29 is 29.0 Å². The van der Waals surface area contributed by atoms with Crippen LogP contribution in [0, 0.1) is 0 Å². The van der Waals surface area contributed by atoms with E-state index in [0.717, 1.165) is 0 Å². The van der Waals surface area contributed by atoms with Crippen LogP contribution in [0.2, 0.25) is 0 Å². The number of amides is 1. The number of aliphatic hydroxyl groups is 1. The Hall–Kier alpha value is -1.61. The largest absolute Gasteiger partial charge is 0.480 e. The van der Waals surface area contributed by atoms with Crippen molar-refractivity contribution in [3.63, 3.8) is 0 Å². The molecule has 10 nitrogen and oxygen atoms in total. The van der Waals surface area contributed by atoms with Crippen molar-refractivity contribution in [3.05, 3.63) is 11.8 Å². The Bertz CT molecular complexity index is 513. The lowest BCUT2D eigenvalue weighted by atomic mass is 10.0. The van der Waals surface area contributed by atoms with Crippen LogP contribution in [0.3, 0.4) is 0 Å². The molecule has 0 saturated heterocycles. The van der Waals surface area contributed by atoms with E-state index >= 15 is 0 Å². The molecule has 0 aromatic heterocycles. The molecule has 22 heavy (non-hydrogen) atoms. The smallest absolute Gasteiger partial charge is 0.367 e. The highest BCUT2D eigenvalue weighted by Crippen LogP contribution is 2.47. The minimum absolute atomic E-state index is 0.108. The average molecular weight is 336 g/mol. The predicted molar refractivity (Wildman–Crippen MR) is 78.5 cm³/mol. The molecule has 8 N–H and O–H groups in total. The molecule has 0 aromatic rings. The number of aliphatic imine (C=N–C) groups is 1. The van der Waals surface area contributed by atoms with Gasteiger partial charge in [-0.15, -0.1) is 0 Å². The van der Waals surface area contributed by atoms with Crippen LogP contribution in [0.25, 0.3) is 0 Å². The third kappa shape index (κ3) is 5.30. The molecule has 0 aromatic carbocycles. The van der Waals surface area contributed by atoms with Crippen LogP contribution in [0.15, 0.2) is 16.8 Å². The van der Waals surface area contributed by atoms with E-state index in [1.165, 1.54) is 13.0 Å². The van der Waals surface area contributed by atoms with Crippen molar-refractivity contribution in [1.82, 2.24) is 5.32 Å². The molecule has 1 amide bonds. The van der Waals surface area contributed by atoms with E-state index in [1.54, 1.807) is 0 Å². The Morgan fingerprint density at radius 1 is 1.50 bits per heavy atom. The van der Waals surface area contributed by atoms with Crippen LogP contribution in [0.1, 0.15) is 19.8 Å². The summed E-state index contributed by atoms with van der Waals surface area (Å²) in [5, 5.41) is 11.2. The van der Waals surface area contributed by atoms with Gasteiger partial charge in [-0.3, -0.25) is 9.36 Å². The van der Waals surface area contributed by atoms with Crippen molar-refractivity contribution in [2.75, 3.05) is 6.61 Å². The van der Waals surface area contributed by atoms with Crippen molar-refractivity contribution in [1.29, 1.82) is 0 Å². The Kier molecular flexibility index (Phi) is 6.36. The molecule has 0 fully saturated rings. The monoisotopic (exact) mass is 336 g/mol. The van der Waals surface area contributed by atoms with Crippen LogP contribution in [-0.4, -0.2) is 51.3 Å². The number of nitrogens with two attached hydrogens (primary N) is 2. The number of guanidine groups is 1. The van der Waals surface area contributed by atoms with Crippen LogP contribution in [-0.2, 0) is 14.1 Å². The topological polar surface area (TPSA) is 180 Å². The fourth-order valence-electron chi connectivity index (χ4n) is 2.08. The number of aliphatic hydroxyl groups excluding tert-OH is 1. The zero-order valence-electron chi connectivity index (χ0n) is 12.0. The number of nitrogens with one attached hydrogen (secondary N) is 1. The Morgan fingerprint density at radius 3 is 2.59 bits per heavy atom. The van der Waals surface area contributed by atoms with Gasteiger partial charge in [-0.1, -0.05) is 0 Å². The Balaban J connectivity index is 3.20. The van der Waals surface area contributed by atoms with E-state index in [-0.39, 0.29) is 24.7 Å². The van der Waals surface area contributed by atoms with Gasteiger partial charge in [0.2, 0.25) is 11.8 Å². The van der Waals surface area contributed by atoms with Gasteiger partial charge in [-0.25, -0.2) is 4.99 Å². The third-order valence-corrected chi connectivity index (χ3v) is 3.97. The molecule has 0 bridgehead atoms. The van der Waals surface area contributed by atoms with Crippen LogP contribution in [0.5, 0.6) is 0 Å². The Labute approximate surface area is 127 Å². The summed E-state index contributed by atoms with van der Waals surface area (Å²) >= 11 is 0. The first-order chi connectivity index (χ1) is 10.1. The van der Waals surface area contributed by atoms with Crippen LogP contribution in [0.4, 0.5) is 0 Å². The second-order valence-corrected chi connectivity index (χ2v) is 6.52. The molecule has 0 aliphatic carbocycles. The molecule has 1 aliphatic heterocycles. The molecule has 3 unspecified atom stereocenters. The molecular formula is C11H21N4O6P. The van der Waals surface area contributed by atoms with Gasteiger partial charge >= 0.3 is 7.60 Å². The van der Waals surface area contributed by atoms with Gasteiger partial charge in [-0.05, 0) is 12.5 Å². The minimum atomic E-state index is -4.69. The molecule has 126 valence electrons. The summed E-state index contributed by atoms with van der Waals surface area (Å²) in [6, 6.07) is -1.99. The quantitative estimate of drug-likeness (QED) is 0.189. The second kappa shape index (κ2) is 7.59. The van der Waals surface area contributed by atoms with Gasteiger partial charge < -0.3 is 36.4 Å². The van der Waals surface area contributed by atoms with Gasteiger partial charge in [0.1, 0.15) is 6.04 Å². The van der Waals surface area contributed by atoms with E-state index in [1.807, 2.05) is 0 Å². The van der Waals surface area contributed by atoms with Gasteiger partial charge in [0, 0.05) is 20.0 Å². The highest BCUT2D eigenvalue weighted by molar-refractivity contribution is 7.52. The van der Waals surface area contributed by atoms with E-state index in [4.69, 9.17) is 21.3 Å². The molecule has 1 heterocycles. The maximum atomic E-state index is 11.7. The third-order valence-electron chi connectivity index (χ3n) is 2.88. The fraction of sp³-hybridized carbons (Fsp3) is 0.636. The summed E-state index contributed by atoms with van der Waals surface area (Å²) in [5.41, 5.74) is 10.7. The zero-order valence-corrected chi connectivity index (χ0v) is 12.9. The maximum absolute atomic E-state index is 11.7. The first-order valence-corrected chi connectivity index (χ1v) is 8.22. The lowest BCUT2D eigenvalue weighted by Crippen LogP contribution is -2.52. The Morgan fingerprint density at radius 2 is 2.14 bits per heavy atom. The van der Waals surface area contributed by atoms with Gasteiger partial charge in [0.15, 0.2) is 5.96 Å². The molecule has 1 aliphatic rings. The highest BCUT2D eigenvalue weighted by Gasteiger charge is 2.45. The number of allylic oxidation sites excluding steroid dienone is 1. The number of rotatable bonds is 6. The van der Waals surface area contributed by atoms with E-state index in [2.05, 4.69) is 10.3 Å². The molecule has 0 spiro atoms. The summed E-state index contributed by atoms with van der Waals surface area (Å²) in [7, 11) is -4.69. The highest BCUT2D eigenvalue weighted by atomic mass is 31.2. The summed E-state index contributed by atoms with van der Waals surface area (Å²) in [6.45, 7) is 1.09. The fourth-order valence-corrected chi connectivity index (χ4v) is 3.03. The number of ether oxygens (including phenoxy) is 1. The average Bonchev–Trinajstić information content (AvgIpc) is 2.36. The maximum Gasteiger partial charge on any atom is 0.367 e. The van der Waals surface area contributed by atoms with Crippen molar-refractivity contribution in [3.8, 4) is 0 Å². The zero-order chi connectivity index (χ0) is 16.9. The van der Waals surface area contributed by atoms with Crippen molar-refractivity contribution in [2.45, 2.75) is 37.7 Å². The molecule has 3 atom stereocenters. The van der Waals surface area contributed by atoms with Gasteiger partial charge in [0.25, 0.3) is 0 Å². The predicted octanol–water partition coefficient (Wildman–Crippen LogP) is -1.68. The van der Waals surface area contributed by atoms with Crippen LogP contribution < -0.4 is 16.8 Å². The van der Waals surface area contributed by atoms with Gasteiger partial charge in [0.05, 0.1) is 11.8 Å². The van der Waals surface area contributed by atoms with Gasteiger partial charge in [-0.2, -0.15) is 0 Å². The number of carbonyl (C=O) groups is 1. The molecule has 1 rings (SSSR count). The van der Waals surface area contributed by atoms with Crippen molar-refractivity contribution >= 4 is 19.5 Å². The second-order valence-electron chi connectivity index (χ2n) is 4.83.